The zero-order valence-corrected chi connectivity index (χ0v) is 10.0. The van der Waals surface area contributed by atoms with Gasteiger partial charge in [-0.2, -0.15) is 0 Å². The molecule has 0 fully saturated rings. The van der Waals surface area contributed by atoms with Crippen LogP contribution in [0.1, 0.15) is 5.56 Å². The molecule has 0 aliphatic rings. The fourth-order valence-electron chi connectivity index (χ4n) is 0.526. The first-order valence-electron chi connectivity index (χ1n) is 2.49. The van der Waals surface area contributed by atoms with E-state index in [0.29, 0.717) is 3.70 Å². The number of halogens is 1. The fourth-order valence-corrected chi connectivity index (χ4v) is 0.821. The topological polar surface area (TPSA) is 36.0 Å². The van der Waals surface area contributed by atoms with Crippen LogP contribution in [0.15, 0.2) is 12.3 Å². The van der Waals surface area contributed by atoms with Crippen molar-refractivity contribution in [1.29, 1.82) is 0 Å². The van der Waals surface area contributed by atoms with E-state index in [1.165, 1.54) is 0 Å². The molecule has 4 heteroatoms. The fraction of sp³-hybridized carbons (Fsp3) is 0.167. The molecule has 0 aliphatic heterocycles. The zero-order chi connectivity index (χ0) is 6.85. The van der Waals surface area contributed by atoms with Crippen LogP contribution >= 0.6 is 22.6 Å². The van der Waals surface area contributed by atoms with Crippen LogP contribution in [0.5, 0.6) is 5.75 Å². The molecule has 0 N–H and O–H groups in total. The van der Waals surface area contributed by atoms with Crippen LogP contribution in [-0.4, -0.2) is 4.98 Å². The summed E-state index contributed by atoms with van der Waals surface area (Å²) in [6, 6.07) is 1.58. The van der Waals surface area contributed by atoms with Crippen LogP contribution in [-0.2, 0) is 0 Å². The molecular weight excluding hydrogens is 252 g/mol. The largest absolute Gasteiger partial charge is 1.00 e. The summed E-state index contributed by atoms with van der Waals surface area (Å²) in [5.41, 5.74) is 0.917. The van der Waals surface area contributed by atoms with E-state index in [2.05, 4.69) is 4.98 Å². The van der Waals surface area contributed by atoms with Gasteiger partial charge in [0.15, 0.2) is 0 Å². The van der Waals surface area contributed by atoms with Gasteiger partial charge in [0.2, 0.25) is 0 Å². The van der Waals surface area contributed by atoms with Crippen molar-refractivity contribution in [2.45, 2.75) is 6.92 Å². The predicted octanol–water partition coefficient (Wildman–Crippen LogP) is -1.93. The first-order valence-corrected chi connectivity index (χ1v) is 3.57. The first kappa shape index (κ1) is 10.7. The van der Waals surface area contributed by atoms with Gasteiger partial charge in [-0.1, -0.05) is 11.8 Å². The Hall–Kier alpha value is 0.680. The second-order valence-electron chi connectivity index (χ2n) is 1.80. The van der Waals surface area contributed by atoms with Crippen LogP contribution in [0.3, 0.4) is 0 Å². The summed E-state index contributed by atoms with van der Waals surface area (Å²) >= 11 is 1.92. The van der Waals surface area contributed by atoms with E-state index < -0.39 is 0 Å². The molecule has 0 atom stereocenters. The Morgan fingerprint density at radius 1 is 1.60 bits per heavy atom. The number of pyridine rings is 1. The van der Waals surface area contributed by atoms with Gasteiger partial charge in [0, 0.05) is 6.20 Å². The van der Waals surface area contributed by atoms with Gasteiger partial charge in [-0.25, -0.2) is 0 Å². The van der Waals surface area contributed by atoms with Crippen molar-refractivity contribution >= 4 is 22.6 Å². The summed E-state index contributed by atoms with van der Waals surface area (Å²) in [4.78, 5) is 3.85. The van der Waals surface area contributed by atoms with Gasteiger partial charge in [0.1, 0.15) is 0 Å². The van der Waals surface area contributed by atoms with Gasteiger partial charge >= 0.3 is 29.6 Å². The molecule has 0 aliphatic carbocycles. The number of nitrogens with zero attached hydrogens (tertiary/aromatic N) is 1. The summed E-state index contributed by atoms with van der Waals surface area (Å²) in [6.45, 7) is 1.85. The van der Waals surface area contributed by atoms with Gasteiger partial charge in [0.25, 0.3) is 0 Å². The van der Waals surface area contributed by atoms with E-state index in [0.717, 1.165) is 5.56 Å². The maximum atomic E-state index is 10.8. The standard InChI is InChI=1S/C6H6INO.Na/c1-4-2-5(9)6(7)8-3-4;/h2-3,9H,1H3;/q;+1/p-1. The van der Waals surface area contributed by atoms with Crippen LogP contribution < -0.4 is 34.7 Å². The average Bonchev–Trinajstić information content (AvgIpc) is 1.80. The van der Waals surface area contributed by atoms with Crippen molar-refractivity contribution in [2.75, 3.05) is 0 Å². The van der Waals surface area contributed by atoms with Crippen LogP contribution in [0.2, 0.25) is 0 Å². The van der Waals surface area contributed by atoms with Crippen LogP contribution in [0.25, 0.3) is 0 Å². The van der Waals surface area contributed by atoms with Crippen LogP contribution in [0, 0.1) is 10.6 Å². The molecule has 2 nitrogen and oxygen atoms in total. The molecule has 1 rings (SSSR count). The molecular formula is C6H5INNaO. The summed E-state index contributed by atoms with van der Waals surface area (Å²) < 4.78 is 0.540. The third-order valence-electron chi connectivity index (χ3n) is 0.944. The zero-order valence-electron chi connectivity index (χ0n) is 5.89. The first-order chi connectivity index (χ1) is 4.20. The van der Waals surface area contributed by atoms with Crippen molar-refractivity contribution in [3.05, 3.63) is 21.5 Å². The molecule has 0 unspecified atom stereocenters. The molecule has 1 heterocycles. The smallest absolute Gasteiger partial charge is 0.871 e. The predicted molar refractivity (Wildman–Crippen MR) is 41.1 cm³/mol. The Morgan fingerprint density at radius 2 is 2.20 bits per heavy atom. The Labute approximate surface area is 95.5 Å². The van der Waals surface area contributed by atoms with Crippen LogP contribution in [0.4, 0.5) is 0 Å². The number of rotatable bonds is 0. The SMILES string of the molecule is Cc1cnc(I)c([O-])c1.[Na+]. The number of aryl methyl sites for hydroxylation is 1. The molecule has 0 spiro atoms. The normalized spacial score (nSPS) is 8.60. The number of aromatic nitrogens is 1. The molecule has 0 bridgehead atoms. The minimum absolute atomic E-state index is 0. The van der Waals surface area contributed by atoms with Crippen molar-refractivity contribution < 1.29 is 34.7 Å². The molecule has 10 heavy (non-hydrogen) atoms. The summed E-state index contributed by atoms with van der Waals surface area (Å²) in [5, 5.41) is 10.8. The second-order valence-corrected chi connectivity index (χ2v) is 2.82. The number of hydrogen-bond donors (Lipinski definition) is 0. The van der Waals surface area contributed by atoms with E-state index in [1.54, 1.807) is 12.3 Å². The van der Waals surface area contributed by atoms with Crippen molar-refractivity contribution in [3.8, 4) is 5.75 Å². The van der Waals surface area contributed by atoms with Gasteiger partial charge < -0.3 is 5.11 Å². The third kappa shape index (κ3) is 2.74. The molecule has 0 saturated carbocycles. The van der Waals surface area contributed by atoms with Crippen molar-refractivity contribution in [3.63, 3.8) is 0 Å². The molecule has 0 saturated heterocycles. The Morgan fingerprint density at radius 3 is 2.60 bits per heavy atom. The van der Waals surface area contributed by atoms with E-state index in [1.807, 2.05) is 29.5 Å². The summed E-state index contributed by atoms with van der Waals surface area (Å²) in [6.07, 6.45) is 1.68. The van der Waals surface area contributed by atoms with Gasteiger partial charge in [0.05, 0.1) is 3.70 Å². The Balaban J connectivity index is 0.000000810. The summed E-state index contributed by atoms with van der Waals surface area (Å²) in [5.74, 6) is 0.00981. The number of hydrogen-bond acceptors (Lipinski definition) is 2. The monoisotopic (exact) mass is 257 g/mol. The Bertz CT molecular complexity index is 229. The molecule has 0 radical (unpaired) electrons. The van der Waals surface area contributed by atoms with E-state index in [-0.39, 0.29) is 35.3 Å². The van der Waals surface area contributed by atoms with Gasteiger partial charge in [-0.15, -0.1) is 0 Å². The average molecular weight is 257 g/mol. The van der Waals surface area contributed by atoms with E-state index in [9.17, 15) is 5.11 Å². The minimum atomic E-state index is 0. The summed E-state index contributed by atoms with van der Waals surface area (Å²) in [7, 11) is 0. The maximum absolute atomic E-state index is 10.8. The molecule has 1 aromatic heterocycles. The molecule has 1 aromatic rings. The molecule has 0 amide bonds. The van der Waals surface area contributed by atoms with E-state index >= 15 is 0 Å². The van der Waals surface area contributed by atoms with Gasteiger partial charge in [-0.05, 0) is 35.1 Å². The third-order valence-corrected chi connectivity index (χ3v) is 1.75. The van der Waals surface area contributed by atoms with Gasteiger partial charge in [-0.3, -0.25) is 4.98 Å². The Kier molecular flexibility index (Phi) is 4.84. The molecule has 0 aromatic carbocycles. The maximum Gasteiger partial charge on any atom is 1.00 e. The molecule has 48 valence electrons. The minimum Gasteiger partial charge on any atom is -0.871 e. The quantitative estimate of drug-likeness (QED) is 0.308. The van der Waals surface area contributed by atoms with Crippen molar-refractivity contribution in [1.82, 2.24) is 4.98 Å². The van der Waals surface area contributed by atoms with Crippen molar-refractivity contribution in [2.24, 2.45) is 0 Å². The van der Waals surface area contributed by atoms with E-state index in [4.69, 9.17) is 0 Å². The second kappa shape index (κ2) is 4.54.